The van der Waals surface area contributed by atoms with Gasteiger partial charge >= 0.3 is 0 Å². The Balaban J connectivity index is 1.65. The molecule has 2 aliphatic rings. The molecule has 6 heteroatoms. The third-order valence-electron chi connectivity index (χ3n) is 5.20. The van der Waals surface area contributed by atoms with Gasteiger partial charge < -0.3 is 15.5 Å². The summed E-state index contributed by atoms with van der Waals surface area (Å²) in [5, 5.41) is 6.24. The minimum absolute atomic E-state index is 0.202. The van der Waals surface area contributed by atoms with E-state index < -0.39 is 5.66 Å². The average molecular weight is 434 g/mol. The van der Waals surface area contributed by atoms with E-state index >= 15 is 0 Å². The van der Waals surface area contributed by atoms with Crippen LogP contribution in [0.1, 0.15) is 21.5 Å². The summed E-state index contributed by atoms with van der Waals surface area (Å²) in [4.78, 5) is 28.2. The number of carbonyl (C=O) groups excluding carboxylic acids is 2. The standard InChI is InChI=1S/C22H16BrN3O2/c23-15-10-11-17-19(12-15)26(13-14-6-2-1-3-7-14)21(28)22(17)24-18-9-5-4-8-16(18)20(27)25-22/h1-12,24H,13H2,(H,25,27)/t22-/m1/s1. The molecule has 0 bridgehead atoms. The average Bonchev–Trinajstić information content (AvgIpc) is 2.91. The lowest BCUT2D eigenvalue weighted by Crippen LogP contribution is -2.60. The summed E-state index contributed by atoms with van der Waals surface area (Å²) < 4.78 is 0.872. The number of rotatable bonds is 2. The van der Waals surface area contributed by atoms with Gasteiger partial charge in [0, 0.05) is 15.7 Å². The van der Waals surface area contributed by atoms with E-state index in [1.54, 1.807) is 17.0 Å². The van der Waals surface area contributed by atoms with Crippen molar-refractivity contribution in [2.45, 2.75) is 12.2 Å². The van der Waals surface area contributed by atoms with Crippen LogP contribution in [0.3, 0.4) is 0 Å². The number of nitrogens with one attached hydrogen (secondary N) is 2. The van der Waals surface area contributed by atoms with Crippen LogP contribution in [0.2, 0.25) is 0 Å². The molecule has 0 aliphatic carbocycles. The number of anilines is 2. The highest BCUT2D eigenvalue weighted by molar-refractivity contribution is 9.10. The molecule has 138 valence electrons. The summed E-state index contributed by atoms with van der Waals surface area (Å²) in [6.07, 6.45) is 0. The number of amides is 2. The molecule has 0 saturated carbocycles. The molecular formula is C22H16BrN3O2. The third kappa shape index (κ3) is 2.45. The van der Waals surface area contributed by atoms with Crippen molar-refractivity contribution < 1.29 is 9.59 Å². The van der Waals surface area contributed by atoms with Gasteiger partial charge in [0.05, 0.1) is 17.8 Å². The number of nitrogens with zero attached hydrogens (tertiary/aromatic N) is 1. The van der Waals surface area contributed by atoms with Gasteiger partial charge in [0.2, 0.25) is 5.66 Å². The lowest BCUT2D eigenvalue weighted by atomic mass is 9.96. The van der Waals surface area contributed by atoms with Gasteiger partial charge in [-0.1, -0.05) is 64.5 Å². The normalized spacial score (nSPS) is 19.8. The van der Waals surface area contributed by atoms with Crippen LogP contribution >= 0.6 is 15.9 Å². The van der Waals surface area contributed by atoms with E-state index in [9.17, 15) is 9.59 Å². The Bertz CT molecular complexity index is 1120. The highest BCUT2D eigenvalue weighted by Gasteiger charge is 2.54. The molecule has 1 spiro atoms. The Labute approximate surface area is 170 Å². The van der Waals surface area contributed by atoms with E-state index in [2.05, 4.69) is 26.6 Å². The first-order valence-electron chi connectivity index (χ1n) is 8.94. The molecule has 3 aromatic carbocycles. The largest absolute Gasteiger partial charge is 0.350 e. The Hall–Kier alpha value is -3.12. The predicted molar refractivity (Wildman–Crippen MR) is 111 cm³/mol. The first-order chi connectivity index (χ1) is 13.6. The molecule has 28 heavy (non-hydrogen) atoms. The predicted octanol–water partition coefficient (Wildman–Crippen LogP) is 4.00. The van der Waals surface area contributed by atoms with Gasteiger partial charge in [-0.3, -0.25) is 9.59 Å². The molecule has 2 aliphatic heterocycles. The maximum Gasteiger partial charge on any atom is 0.278 e. The minimum Gasteiger partial charge on any atom is -0.350 e. The molecule has 0 saturated heterocycles. The van der Waals surface area contributed by atoms with Crippen LogP contribution in [-0.2, 0) is 17.0 Å². The highest BCUT2D eigenvalue weighted by atomic mass is 79.9. The molecule has 2 heterocycles. The second kappa shape index (κ2) is 6.21. The monoisotopic (exact) mass is 433 g/mol. The van der Waals surface area contributed by atoms with Crippen LogP contribution in [-0.4, -0.2) is 11.8 Å². The van der Waals surface area contributed by atoms with Crippen molar-refractivity contribution in [1.82, 2.24) is 5.32 Å². The number of para-hydroxylation sites is 1. The molecule has 2 N–H and O–H groups in total. The number of benzene rings is 3. The Morgan fingerprint density at radius 2 is 1.64 bits per heavy atom. The second-order valence-electron chi connectivity index (χ2n) is 6.91. The zero-order chi connectivity index (χ0) is 19.3. The van der Waals surface area contributed by atoms with Crippen LogP contribution in [0.5, 0.6) is 0 Å². The lowest BCUT2D eigenvalue weighted by molar-refractivity contribution is -0.123. The van der Waals surface area contributed by atoms with E-state index in [4.69, 9.17) is 0 Å². The van der Waals surface area contributed by atoms with Crippen molar-refractivity contribution in [1.29, 1.82) is 0 Å². The molecule has 1 atom stereocenters. The number of hydrogen-bond donors (Lipinski definition) is 2. The zero-order valence-electron chi connectivity index (χ0n) is 14.8. The summed E-state index contributed by atoms with van der Waals surface area (Å²) in [5.41, 5.74) is 2.39. The molecule has 5 nitrogen and oxygen atoms in total. The minimum atomic E-state index is -1.31. The Morgan fingerprint density at radius 3 is 2.46 bits per heavy atom. The summed E-state index contributed by atoms with van der Waals surface area (Å²) in [6, 6.07) is 22.7. The first kappa shape index (κ1) is 17.0. The SMILES string of the molecule is O=C1N[C@@]2(Nc3ccccc31)C(=O)N(Cc1ccccc1)c1cc(Br)ccc12. The van der Waals surface area contributed by atoms with Gasteiger partial charge in [-0.25, -0.2) is 0 Å². The van der Waals surface area contributed by atoms with Crippen LogP contribution in [0.25, 0.3) is 0 Å². The van der Waals surface area contributed by atoms with E-state index in [1.807, 2.05) is 60.7 Å². The first-order valence-corrected chi connectivity index (χ1v) is 9.73. The Kier molecular flexibility index (Phi) is 3.77. The fourth-order valence-electron chi connectivity index (χ4n) is 3.90. The molecule has 0 fully saturated rings. The van der Waals surface area contributed by atoms with Gasteiger partial charge in [-0.05, 0) is 29.8 Å². The van der Waals surface area contributed by atoms with Crippen molar-refractivity contribution in [3.05, 3.63) is 94.0 Å². The number of halogens is 1. The molecular weight excluding hydrogens is 418 g/mol. The number of hydrogen-bond acceptors (Lipinski definition) is 3. The summed E-state index contributed by atoms with van der Waals surface area (Å²) in [6.45, 7) is 0.421. The van der Waals surface area contributed by atoms with Gasteiger partial charge in [-0.15, -0.1) is 0 Å². The number of fused-ring (bicyclic) bond motifs is 3. The van der Waals surface area contributed by atoms with Crippen molar-refractivity contribution in [2.24, 2.45) is 0 Å². The van der Waals surface area contributed by atoms with Gasteiger partial charge in [0.1, 0.15) is 0 Å². The lowest BCUT2D eigenvalue weighted by Gasteiger charge is -2.36. The Morgan fingerprint density at radius 1 is 0.893 bits per heavy atom. The number of carbonyl (C=O) groups is 2. The smallest absolute Gasteiger partial charge is 0.278 e. The van der Waals surface area contributed by atoms with Crippen molar-refractivity contribution in [2.75, 3.05) is 10.2 Å². The highest BCUT2D eigenvalue weighted by Crippen LogP contribution is 2.45. The van der Waals surface area contributed by atoms with Crippen LogP contribution < -0.4 is 15.5 Å². The summed E-state index contributed by atoms with van der Waals surface area (Å²) in [7, 11) is 0. The van der Waals surface area contributed by atoms with E-state index in [1.165, 1.54) is 0 Å². The van der Waals surface area contributed by atoms with E-state index in [0.717, 1.165) is 21.3 Å². The van der Waals surface area contributed by atoms with Gasteiger partial charge in [0.15, 0.2) is 0 Å². The fraction of sp³-hybridized carbons (Fsp3) is 0.0909. The van der Waals surface area contributed by atoms with Crippen molar-refractivity contribution >= 4 is 39.1 Å². The van der Waals surface area contributed by atoms with Crippen LogP contribution in [0.15, 0.2) is 77.3 Å². The topological polar surface area (TPSA) is 61.4 Å². The maximum absolute atomic E-state index is 13.6. The molecule has 0 aromatic heterocycles. The zero-order valence-corrected chi connectivity index (χ0v) is 16.4. The molecule has 0 radical (unpaired) electrons. The quantitative estimate of drug-likeness (QED) is 0.641. The molecule has 5 rings (SSSR count). The van der Waals surface area contributed by atoms with Gasteiger partial charge in [-0.2, -0.15) is 0 Å². The summed E-state index contributed by atoms with van der Waals surface area (Å²) >= 11 is 3.50. The van der Waals surface area contributed by atoms with Crippen molar-refractivity contribution in [3.63, 3.8) is 0 Å². The second-order valence-corrected chi connectivity index (χ2v) is 7.83. The van der Waals surface area contributed by atoms with Crippen LogP contribution in [0.4, 0.5) is 11.4 Å². The van der Waals surface area contributed by atoms with Crippen LogP contribution in [0, 0.1) is 0 Å². The molecule has 0 unspecified atom stereocenters. The molecule has 3 aromatic rings. The fourth-order valence-corrected chi connectivity index (χ4v) is 4.25. The molecule has 2 amide bonds. The van der Waals surface area contributed by atoms with Gasteiger partial charge in [0.25, 0.3) is 11.8 Å². The van der Waals surface area contributed by atoms with Crippen molar-refractivity contribution in [3.8, 4) is 0 Å². The summed E-state index contributed by atoms with van der Waals surface area (Å²) in [5.74, 6) is -0.467. The van der Waals surface area contributed by atoms with E-state index in [0.29, 0.717) is 17.8 Å². The third-order valence-corrected chi connectivity index (χ3v) is 5.69. The van der Waals surface area contributed by atoms with E-state index in [-0.39, 0.29) is 11.8 Å². The maximum atomic E-state index is 13.6.